The molecule has 0 radical (unpaired) electrons. The summed E-state index contributed by atoms with van der Waals surface area (Å²) in [5.74, 6) is 0. The lowest BCUT2D eigenvalue weighted by molar-refractivity contribution is 0.886. The molecular formula is C11H20. The molecular weight excluding hydrogens is 132 g/mol. The molecule has 0 heterocycles. The molecule has 0 N–H and O–H groups in total. The highest BCUT2D eigenvalue weighted by atomic mass is 13.8. The summed E-state index contributed by atoms with van der Waals surface area (Å²) in [7, 11) is 0. The van der Waals surface area contributed by atoms with Crippen molar-refractivity contribution in [2.45, 2.75) is 33.6 Å². The van der Waals surface area contributed by atoms with Crippen molar-refractivity contribution < 1.29 is 0 Å². The van der Waals surface area contributed by atoms with E-state index in [-0.39, 0.29) is 0 Å². The molecule has 0 aromatic carbocycles. The van der Waals surface area contributed by atoms with Gasteiger partial charge in [-0.3, -0.25) is 0 Å². The van der Waals surface area contributed by atoms with E-state index in [1.165, 1.54) is 12.8 Å². The first-order chi connectivity index (χ1) is 5.22. The summed E-state index contributed by atoms with van der Waals surface area (Å²) in [6.45, 7) is 13.4. The first kappa shape index (κ1) is 12.9. The summed E-state index contributed by atoms with van der Waals surface area (Å²) in [5, 5.41) is 0. The van der Waals surface area contributed by atoms with Crippen molar-refractivity contribution in [3.63, 3.8) is 0 Å². The maximum atomic E-state index is 3.56. The van der Waals surface area contributed by atoms with E-state index in [1.54, 1.807) is 12.2 Å². The molecule has 0 aliphatic rings. The fourth-order valence-corrected chi connectivity index (χ4v) is 0.254. The van der Waals surface area contributed by atoms with Crippen molar-refractivity contribution in [2.75, 3.05) is 0 Å². The third kappa shape index (κ3) is 17.6. The minimum Gasteiger partial charge on any atom is -0.0991 e. The third-order valence-corrected chi connectivity index (χ3v) is 1.20. The fraction of sp³-hybridized carbons (Fsp3) is 0.455. The van der Waals surface area contributed by atoms with E-state index in [4.69, 9.17) is 0 Å². The molecule has 0 saturated carbocycles. The van der Waals surface area contributed by atoms with Crippen LogP contribution in [-0.4, -0.2) is 0 Å². The van der Waals surface area contributed by atoms with E-state index in [1.807, 2.05) is 13.0 Å². The minimum atomic E-state index is 1.15. The molecule has 0 aromatic heterocycles. The standard InChI is InChI=1S/C7H10.C4H10/c1-4-6-7(3)5-2;1-3-4-2/h4-6H,1-2H2,3H3;3-4H2,1-2H3/b7-6-;. The van der Waals surface area contributed by atoms with Gasteiger partial charge in [0.05, 0.1) is 0 Å². The molecule has 0 amide bonds. The van der Waals surface area contributed by atoms with E-state index < -0.39 is 0 Å². The average Bonchev–Trinajstić information content (AvgIpc) is 2.05. The predicted octanol–water partition coefficient (Wildman–Crippen LogP) is 4.11. The molecule has 0 aliphatic carbocycles. The van der Waals surface area contributed by atoms with E-state index >= 15 is 0 Å². The molecule has 11 heavy (non-hydrogen) atoms. The monoisotopic (exact) mass is 152 g/mol. The summed E-state index contributed by atoms with van der Waals surface area (Å²) < 4.78 is 0. The molecule has 0 fully saturated rings. The zero-order chi connectivity index (χ0) is 9.11. The van der Waals surface area contributed by atoms with Gasteiger partial charge in [0.1, 0.15) is 0 Å². The first-order valence-electron chi connectivity index (χ1n) is 4.14. The first-order valence-corrected chi connectivity index (χ1v) is 4.14. The van der Waals surface area contributed by atoms with Gasteiger partial charge in [-0.15, -0.1) is 0 Å². The van der Waals surface area contributed by atoms with Crippen LogP contribution in [0.4, 0.5) is 0 Å². The van der Waals surface area contributed by atoms with Crippen LogP contribution in [0.1, 0.15) is 33.6 Å². The molecule has 0 unspecified atom stereocenters. The second-order valence-electron chi connectivity index (χ2n) is 2.35. The maximum absolute atomic E-state index is 3.56. The maximum Gasteiger partial charge on any atom is -0.0398 e. The lowest BCUT2D eigenvalue weighted by atomic mass is 10.3. The van der Waals surface area contributed by atoms with Gasteiger partial charge in [0.25, 0.3) is 0 Å². The summed E-state index contributed by atoms with van der Waals surface area (Å²) >= 11 is 0. The van der Waals surface area contributed by atoms with E-state index in [0.717, 1.165) is 5.57 Å². The van der Waals surface area contributed by atoms with E-state index in [2.05, 4.69) is 27.0 Å². The topological polar surface area (TPSA) is 0 Å². The summed E-state index contributed by atoms with van der Waals surface area (Å²) in [6, 6.07) is 0. The van der Waals surface area contributed by atoms with Gasteiger partial charge in [-0.05, 0) is 6.92 Å². The third-order valence-electron chi connectivity index (χ3n) is 1.20. The summed E-state index contributed by atoms with van der Waals surface area (Å²) in [5.41, 5.74) is 1.15. The van der Waals surface area contributed by atoms with Crippen LogP contribution in [0.2, 0.25) is 0 Å². The van der Waals surface area contributed by atoms with Gasteiger partial charge in [0, 0.05) is 0 Å². The lowest BCUT2D eigenvalue weighted by Crippen LogP contribution is -1.58. The van der Waals surface area contributed by atoms with Crippen LogP contribution in [-0.2, 0) is 0 Å². The van der Waals surface area contributed by atoms with Crippen LogP contribution < -0.4 is 0 Å². The minimum absolute atomic E-state index is 1.15. The van der Waals surface area contributed by atoms with Crippen molar-refractivity contribution in [1.29, 1.82) is 0 Å². The SMILES string of the molecule is C=C/C=C(/C)C=C.CCCC. The largest absolute Gasteiger partial charge is 0.0991 e. The van der Waals surface area contributed by atoms with Crippen molar-refractivity contribution in [3.8, 4) is 0 Å². The summed E-state index contributed by atoms with van der Waals surface area (Å²) in [6.07, 6.45) is 8.09. The Kier molecular flexibility index (Phi) is 14.0. The Bertz CT molecular complexity index is 116. The van der Waals surface area contributed by atoms with Crippen molar-refractivity contribution in [1.82, 2.24) is 0 Å². The second kappa shape index (κ2) is 12.0. The molecule has 0 aromatic rings. The van der Waals surface area contributed by atoms with E-state index in [0.29, 0.717) is 0 Å². The zero-order valence-electron chi connectivity index (χ0n) is 8.06. The van der Waals surface area contributed by atoms with Crippen LogP contribution >= 0.6 is 0 Å². The number of hydrogen-bond acceptors (Lipinski definition) is 0. The highest BCUT2D eigenvalue weighted by Gasteiger charge is 1.68. The quantitative estimate of drug-likeness (QED) is 0.534. The molecule has 0 saturated heterocycles. The van der Waals surface area contributed by atoms with Gasteiger partial charge in [-0.25, -0.2) is 0 Å². The highest BCUT2D eigenvalue weighted by molar-refractivity contribution is 5.17. The van der Waals surface area contributed by atoms with Gasteiger partial charge >= 0.3 is 0 Å². The normalized spacial score (nSPS) is 9.55. The zero-order valence-corrected chi connectivity index (χ0v) is 8.06. The number of unbranched alkanes of at least 4 members (excludes halogenated alkanes) is 1. The summed E-state index contributed by atoms with van der Waals surface area (Å²) in [4.78, 5) is 0. The molecule has 0 atom stereocenters. The Labute approximate surface area is 71.3 Å². The van der Waals surface area contributed by atoms with Gasteiger partial charge in [0.15, 0.2) is 0 Å². The van der Waals surface area contributed by atoms with Gasteiger partial charge in [0.2, 0.25) is 0 Å². The molecule has 0 rings (SSSR count). The number of hydrogen-bond donors (Lipinski definition) is 0. The van der Waals surface area contributed by atoms with Crippen LogP contribution in [0.15, 0.2) is 37.0 Å². The predicted molar refractivity (Wildman–Crippen MR) is 54.7 cm³/mol. The van der Waals surface area contributed by atoms with Crippen LogP contribution in [0, 0.1) is 0 Å². The Hall–Kier alpha value is -0.780. The fourth-order valence-electron chi connectivity index (χ4n) is 0.254. The Morgan fingerprint density at radius 2 is 1.64 bits per heavy atom. The van der Waals surface area contributed by atoms with Crippen molar-refractivity contribution >= 4 is 0 Å². The molecule has 0 spiro atoms. The van der Waals surface area contributed by atoms with Crippen molar-refractivity contribution in [2.24, 2.45) is 0 Å². The average molecular weight is 152 g/mol. The van der Waals surface area contributed by atoms with Gasteiger partial charge < -0.3 is 0 Å². The van der Waals surface area contributed by atoms with E-state index in [9.17, 15) is 0 Å². The molecule has 0 nitrogen and oxygen atoms in total. The lowest BCUT2D eigenvalue weighted by Gasteiger charge is -1.80. The Morgan fingerprint density at radius 1 is 1.18 bits per heavy atom. The molecule has 0 heteroatoms. The van der Waals surface area contributed by atoms with Gasteiger partial charge in [-0.2, -0.15) is 0 Å². The van der Waals surface area contributed by atoms with Crippen LogP contribution in [0.25, 0.3) is 0 Å². The Balaban J connectivity index is 0. The molecule has 64 valence electrons. The number of allylic oxidation sites excluding steroid dienone is 4. The van der Waals surface area contributed by atoms with Gasteiger partial charge in [-0.1, -0.05) is 63.6 Å². The Morgan fingerprint density at radius 3 is 1.73 bits per heavy atom. The van der Waals surface area contributed by atoms with Crippen LogP contribution in [0.5, 0.6) is 0 Å². The molecule has 0 aliphatic heterocycles. The highest BCUT2D eigenvalue weighted by Crippen LogP contribution is 1.90. The number of rotatable bonds is 3. The van der Waals surface area contributed by atoms with Crippen molar-refractivity contribution in [3.05, 3.63) is 37.0 Å². The second-order valence-corrected chi connectivity index (χ2v) is 2.35. The molecule has 0 bridgehead atoms. The van der Waals surface area contributed by atoms with Crippen LogP contribution in [0.3, 0.4) is 0 Å². The smallest absolute Gasteiger partial charge is 0.0398 e.